The van der Waals surface area contributed by atoms with E-state index in [1.165, 1.54) is 22.7 Å². The molecule has 0 saturated carbocycles. The standard InChI is InChI=1S/C27H37N3O3S/c1-21-9-11-26(12-10-21)34(32,33)30-16-13-23(14-17-30)27(31)28-18-24-7-3-4-8-25(24)20-29-15-5-6-22(2)19-29/h3-4,7-12,22-23H,5-6,13-20H2,1-2H3,(H,28,31). The lowest BCUT2D eigenvalue weighted by Crippen LogP contribution is -2.43. The fourth-order valence-corrected chi connectivity index (χ4v) is 6.57. The van der Waals surface area contributed by atoms with E-state index in [4.69, 9.17) is 0 Å². The summed E-state index contributed by atoms with van der Waals surface area (Å²) in [6.45, 7) is 8.70. The molecule has 0 spiro atoms. The molecule has 1 N–H and O–H groups in total. The van der Waals surface area contributed by atoms with E-state index in [9.17, 15) is 13.2 Å². The number of likely N-dealkylation sites (tertiary alicyclic amines) is 1. The lowest BCUT2D eigenvalue weighted by atomic mass is 9.96. The van der Waals surface area contributed by atoms with Crippen LogP contribution in [0.5, 0.6) is 0 Å². The number of piperidine rings is 2. The summed E-state index contributed by atoms with van der Waals surface area (Å²) in [5.74, 6) is 0.606. The smallest absolute Gasteiger partial charge is 0.243 e. The van der Waals surface area contributed by atoms with Crippen molar-refractivity contribution < 1.29 is 13.2 Å². The Kier molecular flexibility index (Phi) is 8.06. The summed E-state index contributed by atoms with van der Waals surface area (Å²) in [5.41, 5.74) is 3.46. The maximum Gasteiger partial charge on any atom is 0.243 e. The molecule has 0 bridgehead atoms. The van der Waals surface area contributed by atoms with Crippen molar-refractivity contribution >= 4 is 15.9 Å². The van der Waals surface area contributed by atoms with Crippen LogP contribution in [0.3, 0.4) is 0 Å². The number of amides is 1. The van der Waals surface area contributed by atoms with Gasteiger partial charge in [-0.25, -0.2) is 8.42 Å². The Labute approximate surface area is 204 Å². The van der Waals surface area contributed by atoms with Crippen molar-refractivity contribution in [1.29, 1.82) is 0 Å². The minimum atomic E-state index is -3.51. The van der Waals surface area contributed by atoms with Crippen molar-refractivity contribution in [3.8, 4) is 0 Å². The zero-order valence-electron chi connectivity index (χ0n) is 20.4. The molecule has 0 radical (unpaired) electrons. The van der Waals surface area contributed by atoms with Crippen LogP contribution >= 0.6 is 0 Å². The van der Waals surface area contributed by atoms with Gasteiger partial charge in [-0.1, -0.05) is 48.9 Å². The number of nitrogens with zero attached hydrogens (tertiary/aromatic N) is 2. The van der Waals surface area contributed by atoms with Gasteiger partial charge in [0.2, 0.25) is 15.9 Å². The van der Waals surface area contributed by atoms with Gasteiger partial charge in [-0.05, 0) is 68.3 Å². The molecule has 1 unspecified atom stereocenters. The van der Waals surface area contributed by atoms with Gasteiger partial charge in [0.25, 0.3) is 0 Å². The van der Waals surface area contributed by atoms with Crippen molar-refractivity contribution in [2.24, 2.45) is 11.8 Å². The second-order valence-corrected chi connectivity index (χ2v) is 11.9. The minimum Gasteiger partial charge on any atom is -0.352 e. The predicted molar refractivity (Wildman–Crippen MR) is 135 cm³/mol. The molecule has 34 heavy (non-hydrogen) atoms. The zero-order chi connectivity index (χ0) is 24.1. The molecule has 2 heterocycles. The molecule has 1 amide bonds. The van der Waals surface area contributed by atoms with Crippen LogP contribution in [0.25, 0.3) is 0 Å². The van der Waals surface area contributed by atoms with Gasteiger partial charge in [0.1, 0.15) is 0 Å². The Morgan fingerprint density at radius 3 is 2.32 bits per heavy atom. The fourth-order valence-electron chi connectivity index (χ4n) is 5.10. The molecular formula is C27H37N3O3S. The van der Waals surface area contributed by atoms with Crippen LogP contribution in [0.15, 0.2) is 53.4 Å². The molecule has 2 aliphatic rings. The summed E-state index contributed by atoms with van der Waals surface area (Å²) in [6, 6.07) is 15.3. The average molecular weight is 484 g/mol. The van der Waals surface area contributed by atoms with E-state index in [1.54, 1.807) is 12.1 Å². The monoisotopic (exact) mass is 483 g/mol. The summed E-state index contributed by atoms with van der Waals surface area (Å²) < 4.78 is 27.4. The highest BCUT2D eigenvalue weighted by atomic mass is 32.2. The molecule has 0 aromatic heterocycles. The minimum absolute atomic E-state index is 0.0220. The van der Waals surface area contributed by atoms with E-state index in [0.29, 0.717) is 37.4 Å². The van der Waals surface area contributed by atoms with Gasteiger partial charge in [0.15, 0.2) is 0 Å². The van der Waals surface area contributed by atoms with Gasteiger partial charge >= 0.3 is 0 Å². The Morgan fingerprint density at radius 1 is 0.971 bits per heavy atom. The molecule has 184 valence electrons. The summed E-state index contributed by atoms with van der Waals surface area (Å²) in [6.07, 6.45) is 3.65. The SMILES string of the molecule is Cc1ccc(S(=O)(=O)N2CCC(C(=O)NCc3ccccc3CN3CCCC(C)C3)CC2)cc1. The summed E-state index contributed by atoms with van der Waals surface area (Å²) in [7, 11) is -3.51. The van der Waals surface area contributed by atoms with Gasteiger partial charge in [-0.15, -0.1) is 0 Å². The Morgan fingerprint density at radius 2 is 1.65 bits per heavy atom. The normalized spacial score (nSPS) is 20.8. The number of sulfonamides is 1. The number of rotatable bonds is 7. The van der Waals surface area contributed by atoms with E-state index in [0.717, 1.165) is 36.7 Å². The zero-order valence-corrected chi connectivity index (χ0v) is 21.2. The topological polar surface area (TPSA) is 69.7 Å². The first kappa shape index (κ1) is 24.9. The molecule has 1 atom stereocenters. The van der Waals surface area contributed by atoms with Crippen LogP contribution in [-0.2, 0) is 27.9 Å². The number of benzene rings is 2. The second kappa shape index (κ2) is 11.0. The number of nitrogens with one attached hydrogen (secondary N) is 1. The van der Waals surface area contributed by atoms with E-state index in [1.807, 2.05) is 25.1 Å². The van der Waals surface area contributed by atoms with E-state index in [-0.39, 0.29) is 11.8 Å². The van der Waals surface area contributed by atoms with Gasteiger partial charge in [0.05, 0.1) is 4.90 Å². The van der Waals surface area contributed by atoms with Gasteiger partial charge in [-0.2, -0.15) is 4.31 Å². The Balaban J connectivity index is 1.30. The lowest BCUT2D eigenvalue weighted by Gasteiger charge is -2.31. The predicted octanol–water partition coefficient (Wildman–Crippen LogP) is 3.94. The fraction of sp³-hybridized carbons (Fsp3) is 0.519. The maximum atomic E-state index is 12.9. The largest absolute Gasteiger partial charge is 0.352 e. The van der Waals surface area contributed by atoms with E-state index in [2.05, 4.69) is 35.3 Å². The Bertz CT molecular complexity index is 1080. The number of hydrogen-bond acceptors (Lipinski definition) is 4. The number of carbonyl (C=O) groups is 1. The van der Waals surface area contributed by atoms with Gasteiger partial charge in [0, 0.05) is 38.6 Å². The summed E-state index contributed by atoms with van der Waals surface area (Å²) in [5, 5.41) is 3.12. The molecule has 6 nitrogen and oxygen atoms in total. The van der Waals surface area contributed by atoms with Crippen molar-refractivity contribution in [2.75, 3.05) is 26.2 Å². The highest BCUT2D eigenvalue weighted by Gasteiger charge is 2.32. The molecule has 0 aliphatic carbocycles. The molecule has 2 fully saturated rings. The van der Waals surface area contributed by atoms with Crippen LogP contribution in [0.1, 0.15) is 49.3 Å². The van der Waals surface area contributed by atoms with Crippen LogP contribution < -0.4 is 5.32 Å². The maximum absolute atomic E-state index is 12.9. The summed E-state index contributed by atoms with van der Waals surface area (Å²) >= 11 is 0. The number of carbonyl (C=O) groups excluding carboxylic acids is 1. The molecular weight excluding hydrogens is 446 g/mol. The quantitative estimate of drug-likeness (QED) is 0.648. The number of hydrogen-bond donors (Lipinski definition) is 1. The third-order valence-corrected chi connectivity index (χ3v) is 9.10. The van der Waals surface area contributed by atoms with Crippen molar-refractivity contribution in [1.82, 2.24) is 14.5 Å². The first-order chi connectivity index (χ1) is 16.3. The number of aryl methyl sites for hydroxylation is 1. The van der Waals surface area contributed by atoms with Crippen LogP contribution in [0.4, 0.5) is 0 Å². The van der Waals surface area contributed by atoms with Crippen molar-refractivity contribution in [3.63, 3.8) is 0 Å². The highest BCUT2D eigenvalue weighted by Crippen LogP contribution is 2.25. The van der Waals surface area contributed by atoms with E-state index >= 15 is 0 Å². The van der Waals surface area contributed by atoms with Crippen LogP contribution in [0, 0.1) is 18.8 Å². The Hall–Kier alpha value is -2.22. The van der Waals surface area contributed by atoms with Gasteiger partial charge < -0.3 is 5.32 Å². The average Bonchev–Trinajstić information content (AvgIpc) is 2.84. The first-order valence-corrected chi connectivity index (χ1v) is 13.9. The molecule has 2 aromatic carbocycles. The van der Waals surface area contributed by atoms with Crippen molar-refractivity contribution in [3.05, 3.63) is 65.2 Å². The third kappa shape index (κ3) is 6.06. The van der Waals surface area contributed by atoms with Crippen LogP contribution in [-0.4, -0.2) is 49.7 Å². The van der Waals surface area contributed by atoms with E-state index < -0.39 is 10.0 Å². The molecule has 2 aliphatic heterocycles. The third-order valence-electron chi connectivity index (χ3n) is 7.19. The lowest BCUT2D eigenvalue weighted by molar-refractivity contribution is -0.126. The highest BCUT2D eigenvalue weighted by molar-refractivity contribution is 7.89. The second-order valence-electron chi connectivity index (χ2n) is 9.96. The molecule has 2 aromatic rings. The van der Waals surface area contributed by atoms with Crippen LogP contribution in [0.2, 0.25) is 0 Å². The van der Waals surface area contributed by atoms with Gasteiger partial charge in [-0.3, -0.25) is 9.69 Å². The van der Waals surface area contributed by atoms with Crippen molar-refractivity contribution in [2.45, 2.75) is 57.5 Å². The molecule has 2 saturated heterocycles. The first-order valence-electron chi connectivity index (χ1n) is 12.5. The molecule has 7 heteroatoms. The molecule has 4 rings (SSSR count). The summed E-state index contributed by atoms with van der Waals surface area (Å²) in [4.78, 5) is 15.7.